The van der Waals surface area contributed by atoms with Gasteiger partial charge in [-0.3, -0.25) is 4.98 Å². The number of nitrogens with one attached hydrogen (secondary N) is 2. The number of anilines is 1. The highest BCUT2D eigenvalue weighted by atomic mass is 16.7. The molecule has 0 radical (unpaired) electrons. The highest BCUT2D eigenvalue weighted by Gasteiger charge is 2.21. The molecular formula is C24H22N4O3. The third kappa shape index (κ3) is 3.77. The van der Waals surface area contributed by atoms with E-state index in [0.29, 0.717) is 23.7 Å². The number of hydrogen-bond donors (Lipinski definition) is 2. The summed E-state index contributed by atoms with van der Waals surface area (Å²) in [6, 6.07) is 17.3. The van der Waals surface area contributed by atoms with Gasteiger partial charge in [0, 0.05) is 60.8 Å². The Morgan fingerprint density at radius 2 is 2.00 bits per heavy atom. The van der Waals surface area contributed by atoms with Gasteiger partial charge in [-0.1, -0.05) is 24.3 Å². The summed E-state index contributed by atoms with van der Waals surface area (Å²) < 4.78 is 12.8. The van der Waals surface area contributed by atoms with Crippen LogP contribution in [0.2, 0.25) is 0 Å². The van der Waals surface area contributed by atoms with Crippen LogP contribution < -0.4 is 20.1 Å². The van der Waals surface area contributed by atoms with Crippen molar-refractivity contribution in [3.05, 3.63) is 84.3 Å². The molecule has 4 aromatic rings. The quantitative estimate of drug-likeness (QED) is 0.512. The van der Waals surface area contributed by atoms with E-state index < -0.39 is 0 Å². The fourth-order valence-corrected chi connectivity index (χ4v) is 3.98. The second-order valence-electron chi connectivity index (χ2n) is 7.45. The number of aromatic nitrogens is 2. The van der Waals surface area contributed by atoms with Crippen LogP contribution in [0, 0.1) is 0 Å². The Morgan fingerprint density at radius 3 is 2.87 bits per heavy atom. The lowest BCUT2D eigenvalue weighted by Gasteiger charge is -2.18. The second kappa shape index (κ2) is 8.02. The molecule has 7 nitrogen and oxygen atoms in total. The summed E-state index contributed by atoms with van der Waals surface area (Å²) in [5.74, 6) is 1.27. The van der Waals surface area contributed by atoms with E-state index in [0.717, 1.165) is 22.0 Å². The lowest BCUT2D eigenvalue weighted by atomic mass is 9.92. The zero-order chi connectivity index (χ0) is 21.2. The number of aryl methyl sites for hydroxylation is 1. The summed E-state index contributed by atoms with van der Waals surface area (Å²) in [6.07, 6.45) is 5.73. The highest BCUT2D eigenvalue weighted by Crippen LogP contribution is 2.34. The predicted molar refractivity (Wildman–Crippen MR) is 119 cm³/mol. The van der Waals surface area contributed by atoms with Gasteiger partial charge in [-0.25, -0.2) is 4.79 Å². The van der Waals surface area contributed by atoms with Gasteiger partial charge in [0.15, 0.2) is 11.5 Å². The largest absolute Gasteiger partial charge is 0.454 e. The minimum Gasteiger partial charge on any atom is -0.454 e. The first-order valence-corrected chi connectivity index (χ1v) is 10.1. The zero-order valence-corrected chi connectivity index (χ0v) is 17.0. The number of ether oxygens (including phenoxy) is 2. The van der Waals surface area contributed by atoms with Crippen LogP contribution in [-0.2, 0) is 7.05 Å². The number of carbonyl (C=O) groups excluding carboxylic acids is 1. The number of hydrogen-bond acceptors (Lipinski definition) is 4. The number of fused-ring (bicyclic) bond motifs is 2. The summed E-state index contributed by atoms with van der Waals surface area (Å²) in [6.45, 7) is 0.624. The van der Waals surface area contributed by atoms with Gasteiger partial charge in [-0.2, -0.15) is 0 Å². The fraction of sp³-hybridized carbons (Fsp3) is 0.167. The fourth-order valence-electron chi connectivity index (χ4n) is 3.98. The van der Waals surface area contributed by atoms with E-state index in [2.05, 4.69) is 38.5 Å². The molecule has 2 aromatic carbocycles. The first-order valence-electron chi connectivity index (χ1n) is 10.1. The van der Waals surface area contributed by atoms with Crippen molar-refractivity contribution in [3.63, 3.8) is 0 Å². The number of nitrogens with zero attached hydrogens (tertiary/aromatic N) is 2. The Morgan fingerprint density at radius 1 is 1.13 bits per heavy atom. The predicted octanol–water partition coefficient (Wildman–Crippen LogP) is 4.26. The van der Waals surface area contributed by atoms with Crippen molar-refractivity contribution in [2.45, 2.75) is 5.92 Å². The first kappa shape index (κ1) is 19.0. The highest BCUT2D eigenvalue weighted by molar-refractivity contribution is 5.90. The minimum atomic E-state index is -0.284. The van der Waals surface area contributed by atoms with Crippen LogP contribution in [0.15, 0.2) is 73.2 Å². The average molecular weight is 414 g/mol. The van der Waals surface area contributed by atoms with E-state index in [4.69, 9.17) is 9.47 Å². The smallest absolute Gasteiger partial charge is 0.319 e. The first-order chi connectivity index (χ1) is 15.2. The van der Waals surface area contributed by atoms with E-state index in [1.165, 1.54) is 0 Å². The van der Waals surface area contributed by atoms with Gasteiger partial charge < -0.3 is 24.7 Å². The number of carbonyl (C=O) groups is 1. The maximum atomic E-state index is 12.6. The topological polar surface area (TPSA) is 77.4 Å². The molecule has 0 saturated carbocycles. The van der Waals surface area contributed by atoms with E-state index in [-0.39, 0.29) is 18.7 Å². The van der Waals surface area contributed by atoms with Crippen molar-refractivity contribution < 1.29 is 14.3 Å². The molecule has 1 aliphatic heterocycles. The number of rotatable bonds is 5. The second-order valence-corrected chi connectivity index (χ2v) is 7.45. The SMILES string of the molecule is Cn1cc(C(CNC(=O)Nc2ccc3c(c2)OCO3)c2cccnc2)c2ccccc21. The summed E-state index contributed by atoms with van der Waals surface area (Å²) in [4.78, 5) is 16.9. The van der Waals surface area contributed by atoms with Crippen LogP contribution in [0.5, 0.6) is 11.5 Å². The van der Waals surface area contributed by atoms with Gasteiger partial charge in [-0.15, -0.1) is 0 Å². The van der Waals surface area contributed by atoms with Gasteiger partial charge in [0.25, 0.3) is 0 Å². The van der Waals surface area contributed by atoms with Crippen LogP contribution in [0.25, 0.3) is 10.9 Å². The van der Waals surface area contributed by atoms with Crippen LogP contribution >= 0.6 is 0 Å². The van der Waals surface area contributed by atoms with Gasteiger partial charge in [-0.05, 0) is 35.4 Å². The minimum absolute atomic E-state index is 0.0395. The Labute approximate surface area is 179 Å². The number of benzene rings is 2. The van der Waals surface area contributed by atoms with Crippen molar-refractivity contribution >= 4 is 22.6 Å². The Kier molecular flexibility index (Phi) is 4.92. The molecular weight excluding hydrogens is 392 g/mol. The zero-order valence-electron chi connectivity index (χ0n) is 17.0. The van der Waals surface area contributed by atoms with E-state index in [1.54, 1.807) is 24.4 Å². The van der Waals surface area contributed by atoms with Crippen molar-refractivity contribution in [2.24, 2.45) is 7.05 Å². The summed E-state index contributed by atoms with van der Waals surface area (Å²) in [7, 11) is 2.03. The molecule has 31 heavy (non-hydrogen) atoms. The normalized spacial score (nSPS) is 13.2. The number of amides is 2. The lowest BCUT2D eigenvalue weighted by molar-refractivity contribution is 0.174. The van der Waals surface area contributed by atoms with Gasteiger partial charge in [0.2, 0.25) is 6.79 Å². The summed E-state index contributed by atoms with van der Waals surface area (Å²) >= 11 is 0. The van der Waals surface area contributed by atoms with Crippen molar-refractivity contribution in [2.75, 3.05) is 18.7 Å². The van der Waals surface area contributed by atoms with Crippen LogP contribution in [0.3, 0.4) is 0 Å². The molecule has 2 amide bonds. The average Bonchev–Trinajstić information content (AvgIpc) is 3.39. The molecule has 5 rings (SSSR count). The summed E-state index contributed by atoms with van der Waals surface area (Å²) in [5.41, 5.74) is 3.98. The number of para-hydroxylation sites is 1. The molecule has 0 aliphatic carbocycles. The third-order valence-corrected chi connectivity index (χ3v) is 5.49. The number of urea groups is 1. The standard InChI is InChI=1S/C24H22N4O3/c1-28-14-20(18-6-2-3-7-21(18)28)19(16-5-4-10-25-12-16)13-26-24(29)27-17-8-9-22-23(11-17)31-15-30-22/h2-12,14,19H,13,15H2,1H3,(H2,26,27,29). The number of pyridine rings is 1. The Bertz CT molecular complexity index is 1240. The van der Waals surface area contributed by atoms with Gasteiger partial charge >= 0.3 is 6.03 Å². The molecule has 1 atom stereocenters. The molecule has 1 aliphatic rings. The molecule has 7 heteroatoms. The van der Waals surface area contributed by atoms with Crippen LogP contribution in [0.4, 0.5) is 10.5 Å². The molecule has 2 aromatic heterocycles. The molecule has 0 fully saturated rings. The monoisotopic (exact) mass is 414 g/mol. The molecule has 0 saturated heterocycles. The van der Waals surface area contributed by atoms with Crippen LogP contribution in [-0.4, -0.2) is 28.9 Å². The maximum Gasteiger partial charge on any atom is 0.319 e. The lowest BCUT2D eigenvalue weighted by Crippen LogP contribution is -2.32. The molecule has 3 heterocycles. The molecule has 0 spiro atoms. The van der Waals surface area contributed by atoms with Gasteiger partial charge in [0.1, 0.15) is 0 Å². The maximum absolute atomic E-state index is 12.6. The third-order valence-electron chi connectivity index (χ3n) is 5.49. The van der Waals surface area contributed by atoms with Gasteiger partial charge in [0.05, 0.1) is 0 Å². The molecule has 0 bridgehead atoms. The van der Waals surface area contributed by atoms with E-state index in [1.807, 2.05) is 37.5 Å². The van der Waals surface area contributed by atoms with E-state index >= 15 is 0 Å². The van der Waals surface area contributed by atoms with Crippen molar-refractivity contribution in [1.82, 2.24) is 14.9 Å². The van der Waals surface area contributed by atoms with Crippen molar-refractivity contribution in [3.8, 4) is 11.5 Å². The molecule has 156 valence electrons. The molecule has 2 N–H and O–H groups in total. The Hall–Kier alpha value is -4.00. The Balaban J connectivity index is 1.37. The van der Waals surface area contributed by atoms with E-state index in [9.17, 15) is 4.79 Å². The van der Waals surface area contributed by atoms with Crippen molar-refractivity contribution in [1.29, 1.82) is 0 Å². The molecule has 1 unspecified atom stereocenters. The summed E-state index contributed by atoms with van der Waals surface area (Å²) in [5, 5.41) is 7.04. The van der Waals surface area contributed by atoms with Crippen LogP contribution in [0.1, 0.15) is 17.0 Å².